The van der Waals surface area contributed by atoms with Crippen molar-refractivity contribution in [3.63, 3.8) is 0 Å². The molecular weight excluding hydrogens is 414 g/mol. The molecule has 8 heteroatoms. The minimum atomic E-state index is -3.63. The van der Waals surface area contributed by atoms with Gasteiger partial charge in [-0.1, -0.05) is 29.8 Å². The molecule has 0 radical (unpaired) electrons. The van der Waals surface area contributed by atoms with Gasteiger partial charge in [-0.3, -0.25) is 4.79 Å². The maximum atomic E-state index is 12.2. The average molecular weight is 440 g/mol. The molecule has 0 fully saturated rings. The van der Waals surface area contributed by atoms with Crippen molar-refractivity contribution in [3.05, 3.63) is 87.6 Å². The standard InChI is InChI=1S/C23H25N3O4S/c1-3-30-21-10-8-20(9-11-21)22-12-13-23(27)26(25-22)16-15-24-31(28,29)17-14-19-6-4-18(2)5-7-19/h4-14,17,24H,3,15-16H2,1-2H3/b17-14+. The highest BCUT2D eigenvalue weighted by molar-refractivity contribution is 7.92. The number of hydrogen-bond acceptors (Lipinski definition) is 5. The first-order chi connectivity index (χ1) is 14.9. The topological polar surface area (TPSA) is 90.3 Å². The first-order valence-corrected chi connectivity index (χ1v) is 11.5. The van der Waals surface area contributed by atoms with Crippen molar-refractivity contribution in [1.29, 1.82) is 0 Å². The molecule has 162 valence electrons. The van der Waals surface area contributed by atoms with E-state index in [1.165, 1.54) is 16.8 Å². The monoisotopic (exact) mass is 439 g/mol. The van der Waals surface area contributed by atoms with Crippen LogP contribution in [0.15, 0.2) is 70.9 Å². The number of hydrogen-bond donors (Lipinski definition) is 1. The predicted molar refractivity (Wildman–Crippen MR) is 122 cm³/mol. The fourth-order valence-electron chi connectivity index (χ4n) is 2.84. The van der Waals surface area contributed by atoms with Crippen molar-refractivity contribution < 1.29 is 13.2 Å². The van der Waals surface area contributed by atoms with Crippen LogP contribution < -0.4 is 15.0 Å². The summed E-state index contributed by atoms with van der Waals surface area (Å²) in [6.45, 7) is 4.62. The fraction of sp³-hybridized carbons (Fsp3) is 0.217. The highest BCUT2D eigenvalue weighted by atomic mass is 32.2. The van der Waals surface area contributed by atoms with E-state index in [1.54, 1.807) is 6.07 Å². The second-order valence-electron chi connectivity index (χ2n) is 6.89. The summed E-state index contributed by atoms with van der Waals surface area (Å²) in [4.78, 5) is 12.1. The highest BCUT2D eigenvalue weighted by Crippen LogP contribution is 2.19. The summed E-state index contributed by atoms with van der Waals surface area (Å²) in [5, 5.41) is 5.47. The Morgan fingerprint density at radius 1 is 1.03 bits per heavy atom. The van der Waals surface area contributed by atoms with E-state index >= 15 is 0 Å². The Morgan fingerprint density at radius 3 is 2.42 bits per heavy atom. The van der Waals surface area contributed by atoms with Crippen LogP contribution in [0.2, 0.25) is 0 Å². The van der Waals surface area contributed by atoms with E-state index in [0.717, 1.165) is 27.8 Å². The number of sulfonamides is 1. The van der Waals surface area contributed by atoms with E-state index in [-0.39, 0.29) is 18.6 Å². The molecule has 0 amide bonds. The highest BCUT2D eigenvalue weighted by Gasteiger charge is 2.07. The molecule has 0 spiro atoms. The van der Waals surface area contributed by atoms with Gasteiger partial charge in [-0.25, -0.2) is 17.8 Å². The summed E-state index contributed by atoms with van der Waals surface area (Å²) >= 11 is 0. The van der Waals surface area contributed by atoms with Crippen molar-refractivity contribution in [2.75, 3.05) is 13.2 Å². The van der Waals surface area contributed by atoms with Gasteiger partial charge in [0, 0.05) is 23.6 Å². The molecule has 3 aromatic rings. The Hall–Kier alpha value is -3.23. The van der Waals surface area contributed by atoms with Gasteiger partial charge in [0.25, 0.3) is 5.56 Å². The lowest BCUT2D eigenvalue weighted by molar-refractivity contribution is 0.340. The van der Waals surface area contributed by atoms with Gasteiger partial charge in [0.2, 0.25) is 10.0 Å². The van der Waals surface area contributed by atoms with Crippen molar-refractivity contribution in [1.82, 2.24) is 14.5 Å². The van der Waals surface area contributed by atoms with Crippen molar-refractivity contribution in [2.45, 2.75) is 20.4 Å². The van der Waals surface area contributed by atoms with Gasteiger partial charge in [0.05, 0.1) is 18.8 Å². The second kappa shape index (κ2) is 10.2. The van der Waals surface area contributed by atoms with E-state index in [1.807, 2.05) is 62.4 Å². The number of nitrogens with one attached hydrogen (secondary N) is 1. The van der Waals surface area contributed by atoms with E-state index in [2.05, 4.69) is 9.82 Å². The van der Waals surface area contributed by atoms with Crippen molar-refractivity contribution in [2.24, 2.45) is 0 Å². The van der Waals surface area contributed by atoms with Crippen molar-refractivity contribution in [3.8, 4) is 17.0 Å². The Kier molecular flexibility index (Phi) is 7.38. The molecule has 3 rings (SSSR count). The van der Waals surface area contributed by atoms with Crippen LogP contribution in [0.1, 0.15) is 18.1 Å². The number of aryl methyl sites for hydroxylation is 1. The van der Waals surface area contributed by atoms with Crippen molar-refractivity contribution >= 4 is 16.1 Å². The van der Waals surface area contributed by atoms with Gasteiger partial charge < -0.3 is 4.74 Å². The summed E-state index contributed by atoms with van der Waals surface area (Å²) in [6, 6.07) is 18.0. The van der Waals surface area contributed by atoms with Crippen LogP contribution in [0.3, 0.4) is 0 Å². The van der Waals surface area contributed by atoms with E-state index in [9.17, 15) is 13.2 Å². The molecule has 0 atom stereocenters. The van der Waals surface area contributed by atoms with Crippen LogP contribution >= 0.6 is 0 Å². The van der Waals surface area contributed by atoms with E-state index in [4.69, 9.17) is 4.74 Å². The van der Waals surface area contributed by atoms with Gasteiger partial charge in [-0.15, -0.1) is 0 Å². The molecule has 0 saturated carbocycles. The number of benzene rings is 2. The summed E-state index contributed by atoms with van der Waals surface area (Å²) in [7, 11) is -3.63. The largest absolute Gasteiger partial charge is 0.494 e. The molecule has 0 bridgehead atoms. The lowest BCUT2D eigenvalue weighted by Gasteiger charge is -2.08. The smallest absolute Gasteiger partial charge is 0.266 e. The number of nitrogens with zero attached hydrogens (tertiary/aromatic N) is 2. The van der Waals surface area contributed by atoms with Crippen LogP contribution in [0.5, 0.6) is 5.75 Å². The molecule has 1 aromatic heterocycles. The summed E-state index contributed by atoms with van der Waals surface area (Å²) in [6.07, 6.45) is 1.53. The Labute approximate surface area is 182 Å². The van der Waals surface area contributed by atoms with Gasteiger partial charge in [-0.05, 0) is 55.8 Å². The molecule has 0 aliphatic heterocycles. The molecule has 31 heavy (non-hydrogen) atoms. The Morgan fingerprint density at radius 2 is 1.74 bits per heavy atom. The minimum Gasteiger partial charge on any atom is -0.494 e. The lowest BCUT2D eigenvalue weighted by atomic mass is 10.1. The molecule has 7 nitrogen and oxygen atoms in total. The zero-order valence-electron chi connectivity index (χ0n) is 17.5. The van der Waals surface area contributed by atoms with Crippen LogP contribution in [-0.4, -0.2) is 31.3 Å². The lowest BCUT2D eigenvalue weighted by Crippen LogP contribution is -2.31. The summed E-state index contributed by atoms with van der Waals surface area (Å²) in [5.74, 6) is 0.757. The SMILES string of the molecule is CCOc1ccc(-c2ccc(=O)n(CCNS(=O)(=O)/C=C/c3ccc(C)cc3)n2)cc1. The molecule has 0 unspecified atom stereocenters. The maximum Gasteiger partial charge on any atom is 0.266 e. The van der Waals surface area contributed by atoms with Gasteiger partial charge in [-0.2, -0.15) is 5.10 Å². The normalized spacial score (nSPS) is 11.7. The Balaban J connectivity index is 1.64. The number of aromatic nitrogens is 2. The number of rotatable bonds is 9. The number of ether oxygens (including phenoxy) is 1. The van der Waals surface area contributed by atoms with Gasteiger partial charge in [0.1, 0.15) is 5.75 Å². The van der Waals surface area contributed by atoms with E-state index in [0.29, 0.717) is 12.3 Å². The minimum absolute atomic E-state index is 0.0419. The quantitative estimate of drug-likeness (QED) is 0.553. The van der Waals surface area contributed by atoms with Gasteiger partial charge in [0.15, 0.2) is 0 Å². The third kappa shape index (κ3) is 6.63. The maximum absolute atomic E-state index is 12.2. The zero-order chi connectivity index (χ0) is 22.3. The summed E-state index contributed by atoms with van der Waals surface area (Å²) in [5.41, 5.74) is 3.04. The first kappa shape index (κ1) is 22.5. The Bertz CT molecular complexity index is 1200. The molecule has 0 aliphatic rings. The molecule has 0 aliphatic carbocycles. The van der Waals surface area contributed by atoms with E-state index < -0.39 is 10.0 Å². The average Bonchev–Trinajstić information content (AvgIpc) is 2.75. The molecule has 0 saturated heterocycles. The second-order valence-corrected chi connectivity index (χ2v) is 8.54. The third-order valence-electron chi connectivity index (χ3n) is 4.47. The summed E-state index contributed by atoms with van der Waals surface area (Å²) < 4.78 is 33.5. The first-order valence-electron chi connectivity index (χ1n) is 9.92. The van der Waals surface area contributed by atoms with Crippen LogP contribution in [0, 0.1) is 6.92 Å². The van der Waals surface area contributed by atoms with Crippen LogP contribution in [0.4, 0.5) is 0 Å². The molecule has 2 aromatic carbocycles. The molecular formula is C23H25N3O4S. The van der Waals surface area contributed by atoms with Crippen LogP contribution in [-0.2, 0) is 16.6 Å². The molecule has 1 N–H and O–H groups in total. The predicted octanol–water partition coefficient (Wildman–Crippen LogP) is 3.21. The van der Waals surface area contributed by atoms with Crippen LogP contribution in [0.25, 0.3) is 17.3 Å². The molecule has 1 heterocycles. The fourth-order valence-corrected chi connectivity index (χ4v) is 3.65. The third-order valence-corrected chi connectivity index (χ3v) is 5.57. The van der Waals surface area contributed by atoms with Gasteiger partial charge >= 0.3 is 0 Å². The zero-order valence-corrected chi connectivity index (χ0v) is 18.3.